The van der Waals surface area contributed by atoms with Gasteiger partial charge in [-0.2, -0.15) is 0 Å². The van der Waals surface area contributed by atoms with E-state index in [1.54, 1.807) is 0 Å². The Bertz CT molecular complexity index is 1030. The SMILES string of the molecule is CO[C@H](C(=O)[C@H](O)[C@H](C)O)[C@H]1Cc2cc3cc(O)c(C)c(O)c3c(O)c2C(=O)[C@H]1O. The van der Waals surface area contributed by atoms with Crippen LogP contribution in [0.4, 0.5) is 0 Å². The number of benzene rings is 2. The van der Waals surface area contributed by atoms with E-state index >= 15 is 0 Å². The van der Waals surface area contributed by atoms with Crippen molar-refractivity contribution >= 4 is 22.3 Å². The van der Waals surface area contributed by atoms with Crippen LogP contribution in [0.25, 0.3) is 10.8 Å². The van der Waals surface area contributed by atoms with Crippen LogP contribution in [-0.4, -0.2) is 73.7 Å². The van der Waals surface area contributed by atoms with Crippen LogP contribution in [0, 0.1) is 12.8 Å². The number of Topliss-reactive ketones (excluding diaryl/α,β-unsaturated/α-hetero) is 2. The van der Waals surface area contributed by atoms with Gasteiger partial charge in [0, 0.05) is 18.6 Å². The van der Waals surface area contributed by atoms with Gasteiger partial charge in [0.1, 0.15) is 35.6 Å². The number of carbonyl (C=O) groups is 2. The number of hydrogen-bond acceptors (Lipinski definition) is 9. The second-order valence-corrected chi connectivity index (χ2v) is 7.65. The first kappa shape index (κ1) is 22.0. The molecule has 0 saturated carbocycles. The van der Waals surface area contributed by atoms with Crippen molar-refractivity contribution in [3.8, 4) is 17.2 Å². The zero-order valence-electron chi connectivity index (χ0n) is 16.7. The van der Waals surface area contributed by atoms with Gasteiger partial charge in [0.2, 0.25) is 0 Å². The minimum absolute atomic E-state index is 0.0352. The maximum absolute atomic E-state index is 12.9. The third-order valence-corrected chi connectivity index (χ3v) is 5.73. The van der Waals surface area contributed by atoms with Gasteiger partial charge in [0.05, 0.1) is 17.1 Å². The summed E-state index contributed by atoms with van der Waals surface area (Å²) >= 11 is 0. The Morgan fingerprint density at radius 3 is 2.37 bits per heavy atom. The predicted octanol–water partition coefficient (Wildman–Crippen LogP) is 0.307. The number of phenols is 3. The van der Waals surface area contributed by atoms with Crippen LogP contribution < -0.4 is 0 Å². The maximum Gasteiger partial charge on any atom is 0.195 e. The van der Waals surface area contributed by atoms with Crippen LogP contribution in [0.5, 0.6) is 17.2 Å². The highest BCUT2D eigenvalue weighted by Gasteiger charge is 2.45. The molecule has 30 heavy (non-hydrogen) atoms. The topological polar surface area (TPSA) is 165 Å². The number of aromatic hydroxyl groups is 3. The summed E-state index contributed by atoms with van der Waals surface area (Å²) in [5, 5.41) is 61.2. The maximum atomic E-state index is 12.9. The highest BCUT2D eigenvalue weighted by Crippen LogP contribution is 2.45. The summed E-state index contributed by atoms with van der Waals surface area (Å²) in [6.45, 7) is 2.66. The third kappa shape index (κ3) is 3.29. The van der Waals surface area contributed by atoms with Crippen molar-refractivity contribution in [2.75, 3.05) is 7.11 Å². The van der Waals surface area contributed by atoms with Crippen molar-refractivity contribution in [1.82, 2.24) is 0 Å². The molecule has 2 aromatic rings. The second kappa shape index (κ2) is 7.84. The summed E-state index contributed by atoms with van der Waals surface area (Å²) in [4.78, 5) is 25.4. The van der Waals surface area contributed by atoms with Gasteiger partial charge in [0.25, 0.3) is 0 Å². The summed E-state index contributed by atoms with van der Waals surface area (Å²) in [6.07, 6.45) is -6.32. The van der Waals surface area contributed by atoms with Crippen LogP contribution in [0.15, 0.2) is 12.1 Å². The molecule has 0 saturated heterocycles. The van der Waals surface area contributed by atoms with Gasteiger partial charge in [-0.25, -0.2) is 0 Å². The molecule has 0 radical (unpaired) electrons. The first-order chi connectivity index (χ1) is 14.0. The molecule has 0 unspecified atom stereocenters. The van der Waals surface area contributed by atoms with E-state index in [2.05, 4.69) is 0 Å². The van der Waals surface area contributed by atoms with Crippen molar-refractivity contribution in [1.29, 1.82) is 0 Å². The molecule has 2 aromatic carbocycles. The van der Waals surface area contributed by atoms with Crippen LogP contribution in [0.1, 0.15) is 28.4 Å². The lowest BCUT2D eigenvalue weighted by atomic mass is 9.75. The van der Waals surface area contributed by atoms with E-state index < -0.39 is 47.6 Å². The summed E-state index contributed by atoms with van der Waals surface area (Å²) < 4.78 is 5.15. The molecule has 9 nitrogen and oxygen atoms in total. The largest absolute Gasteiger partial charge is 0.508 e. The van der Waals surface area contributed by atoms with Gasteiger partial charge in [0.15, 0.2) is 11.6 Å². The van der Waals surface area contributed by atoms with Gasteiger partial charge >= 0.3 is 0 Å². The van der Waals surface area contributed by atoms with E-state index in [1.807, 2.05) is 0 Å². The van der Waals surface area contributed by atoms with Crippen molar-refractivity contribution in [3.05, 3.63) is 28.8 Å². The Labute approximate surface area is 171 Å². The number of phenolic OH excluding ortho intramolecular Hbond substituents is 3. The second-order valence-electron chi connectivity index (χ2n) is 7.65. The number of aliphatic hydroxyl groups excluding tert-OH is 3. The fourth-order valence-electron chi connectivity index (χ4n) is 4.00. The summed E-state index contributed by atoms with van der Waals surface area (Å²) in [7, 11) is 1.18. The number of ketones is 2. The van der Waals surface area contributed by atoms with Crippen LogP contribution >= 0.6 is 0 Å². The number of rotatable bonds is 5. The Balaban J connectivity index is 2.14. The molecular formula is C21H24O9. The molecule has 0 aromatic heterocycles. The number of hydrogen-bond donors (Lipinski definition) is 6. The van der Waals surface area contributed by atoms with Gasteiger partial charge < -0.3 is 35.4 Å². The standard InChI is InChI=1S/C21H24O9/c1-7-12(23)6-10-4-9-5-11(21(30-3)20(29)16(25)8(2)22)17(26)19(28)14(9)18(27)13(10)15(7)24/h4,6,8,11,16-17,21-27H,5H2,1-3H3/t8-,11-,16+,17-,21-/m0/s1. The first-order valence-corrected chi connectivity index (χ1v) is 9.36. The monoisotopic (exact) mass is 420 g/mol. The first-order valence-electron chi connectivity index (χ1n) is 9.36. The quantitative estimate of drug-likeness (QED) is 0.399. The van der Waals surface area contributed by atoms with E-state index in [4.69, 9.17) is 4.74 Å². The normalized spacial score (nSPS) is 21.9. The highest BCUT2D eigenvalue weighted by atomic mass is 16.5. The fraction of sp³-hybridized carbons (Fsp3) is 0.429. The Hall–Kier alpha value is -2.72. The molecule has 162 valence electrons. The minimum atomic E-state index is -1.76. The molecule has 0 fully saturated rings. The Kier molecular flexibility index (Phi) is 5.74. The number of ether oxygens (including phenoxy) is 1. The minimum Gasteiger partial charge on any atom is -0.508 e. The average molecular weight is 420 g/mol. The lowest BCUT2D eigenvalue weighted by molar-refractivity contribution is -0.148. The number of carbonyl (C=O) groups excluding carboxylic acids is 2. The molecule has 5 atom stereocenters. The molecule has 0 aliphatic heterocycles. The molecule has 3 rings (SSSR count). The molecule has 0 amide bonds. The number of methoxy groups -OCH3 is 1. The molecule has 6 N–H and O–H groups in total. The van der Waals surface area contributed by atoms with Gasteiger partial charge in [-0.15, -0.1) is 0 Å². The summed E-state index contributed by atoms with van der Waals surface area (Å²) in [6, 6.07) is 2.80. The third-order valence-electron chi connectivity index (χ3n) is 5.73. The van der Waals surface area contributed by atoms with E-state index in [-0.39, 0.29) is 45.4 Å². The van der Waals surface area contributed by atoms with E-state index in [0.717, 1.165) is 0 Å². The van der Waals surface area contributed by atoms with Crippen LogP contribution in [0.2, 0.25) is 0 Å². The molecular weight excluding hydrogens is 396 g/mol. The molecule has 0 bridgehead atoms. The highest BCUT2D eigenvalue weighted by molar-refractivity contribution is 6.11. The predicted molar refractivity (Wildman–Crippen MR) is 105 cm³/mol. The van der Waals surface area contributed by atoms with Crippen LogP contribution in [-0.2, 0) is 16.0 Å². The van der Waals surface area contributed by atoms with Crippen molar-refractivity contribution in [2.24, 2.45) is 5.92 Å². The molecule has 0 spiro atoms. The van der Waals surface area contributed by atoms with Crippen molar-refractivity contribution in [2.45, 2.75) is 44.7 Å². The lowest BCUT2D eigenvalue weighted by Crippen LogP contribution is -2.50. The number of fused-ring (bicyclic) bond motifs is 2. The van der Waals surface area contributed by atoms with Gasteiger partial charge in [-0.3, -0.25) is 9.59 Å². The summed E-state index contributed by atoms with van der Waals surface area (Å²) in [5.41, 5.74) is 0.214. The average Bonchev–Trinajstić information content (AvgIpc) is 2.69. The van der Waals surface area contributed by atoms with Gasteiger partial charge in [-0.05, 0) is 43.4 Å². The smallest absolute Gasteiger partial charge is 0.195 e. The van der Waals surface area contributed by atoms with E-state index in [1.165, 1.54) is 33.1 Å². The fourth-order valence-corrected chi connectivity index (χ4v) is 4.00. The van der Waals surface area contributed by atoms with Crippen molar-refractivity contribution < 1.29 is 45.0 Å². The van der Waals surface area contributed by atoms with E-state index in [9.17, 15) is 40.2 Å². The van der Waals surface area contributed by atoms with E-state index in [0.29, 0.717) is 0 Å². The Morgan fingerprint density at radius 2 is 1.80 bits per heavy atom. The number of aliphatic hydroxyl groups is 3. The Morgan fingerprint density at radius 1 is 1.17 bits per heavy atom. The van der Waals surface area contributed by atoms with Crippen molar-refractivity contribution in [3.63, 3.8) is 0 Å². The summed E-state index contributed by atoms with van der Waals surface area (Å²) in [5.74, 6) is -3.96. The van der Waals surface area contributed by atoms with Crippen LogP contribution in [0.3, 0.4) is 0 Å². The molecule has 1 aliphatic rings. The molecule has 9 heteroatoms. The lowest BCUT2D eigenvalue weighted by Gasteiger charge is -2.34. The zero-order chi connectivity index (χ0) is 22.5. The zero-order valence-corrected chi connectivity index (χ0v) is 16.7. The molecule has 1 aliphatic carbocycles. The molecule has 0 heterocycles. The van der Waals surface area contributed by atoms with Gasteiger partial charge in [-0.1, -0.05) is 0 Å².